The third-order valence-corrected chi connectivity index (χ3v) is 1.91. The fourth-order valence-corrected chi connectivity index (χ4v) is 1.22. The van der Waals surface area contributed by atoms with Crippen molar-refractivity contribution in [2.45, 2.75) is 26.1 Å². The number of aryl methyl sites for hydroxylation is 1. The van der Waals surface area contributed by atoms with Gasteiger partial charge >= 0.3 is 6.18 Å². The first kappa shape index (κ1) is 11.6. The monoisotopic (exact) mass is 220 g/mol. The Kier molecular flexibility index (Phi) is 3.06. The summed E-state index contributed by atoms with van der Waals surface area (Å²) >= 11 is 0. The van der Waals surface area contributed by atoms with Crippen LogP contribution in [-0.4, -0.2) is 4.57 Å². The lowest BCUT2D eigenvalue weighted by molar-refractivity contribution is -0.138. The highest BCUT2D eigenvalue weighted by molar-refractivity contribution is 5.38. The van der Waals surface area contributed by atoms with Crippen LogP contribution in [0.1, 0.15) is 18.9 Å². The van der Waals surface area contributed by atoms with Gasteiger partial charge in [-0.2, -0.15) is 13.2 Å². The predicted molar refractivity (Wildman–Crippen MR) is 50.4 cm³/mol. The Morgan fingerprint density at radius 2 is 2.07 bits per heavy atom. The predicted octanol–water partition coefficient (Wildman–Crippen LogP) is 1.86. The summed E-state index contributed by atoms with van der Waals surface area (Å²) in [6.07, 6.45) is -3.11. The Morgan fingerprint density at radius 1 is 1.47 bits per heavy atom. The zero-order valence-electron chi connectivity index (χ0n) is 8.14. The Balaban J connectivity index is 3.30. The summed E-state index contributed by atoms with van der Waals surface area (Å²) in [5.41, 5.74) is 3.36. The van der Waals surface area contributed by atoms with E-state index in [1.807, 2.05) is 0 Å². The molecular formula is C9H11F3N2O. The van der Waals surface area contributed by atoms with Crippen LogP contribution in [0.4, 0.5) is 18.9 Å². The van der Waals surface area contributed by atoms with E-state index in [0.29, 0.717) is 12.5 Å². The van der Waals surface area contributed by atoms with E-state index >= 15 is 0 Å². The zero-order valence-corrected chi connectivity index (χ0v) is 8.14. The molecule has 1 aromatic rings. The van der Waals surface area contributed by atoms with Crippen LogP contribution in [0.5, 0.6) is 0 Å². The van der Waals surface area contributed by atoms with Crippen LogP contribution in [0.3, 0.4) is 0 Å². The van der Waals surface area contributed by atoms with Crippen LogP contribution < -0.4 is 11.3 Å². The molecule has 6 heteroatoms. The van der Waals surface area contributed by atoms with E-state index in [2.05, 4.69) is 0 Å². The van der Waals surface area contributed by atoms with Crippen molar-refractivity contribution in [3.8, 4) is 0 Å². The number of hydrogen-bond donors (Lipinski definition) is 1. The second kappa shape index (κ2) is 3.96. The van der Waals surface area contributed by atoms with Gasteiger partial charge in [0.1, 0.15) is 0 Å². The van der Waals surface area contributed by atoms with Gasteiger partial charge in [0, 0.05) is 12.7 Å². The van der Waals surface area contributed by atoms with Gasteiger partial charge in [0.05, 0.1) is 11.3 Å². The van der Waals surface area contributed by atoms with Crippen molar-refractivity contribution in [1.29, 1.82) is 0 Å². The Bertz CT molecular complexity index is 409. The fraction of sp³-hybridized carbons (Fsp3) is 0.444. The van der Waals surface area contributed by atoms with E-state index in [1.165, 1.54) is 0 Å². The average molecular weight is 220 g/mol. The second-order valence-corrected chi connectivity index (χ2v) is 3.18. The summed E-state index contributed by atoms with van der Waals surface area (Å²) in [6, 6.07) is 0.661. The minimum atomic E-state index is -4.47. The van der Waals surface area contributed by atoms with E-state index < -0.39 is 17.3 Å². The van der Waals surface area contributed by atoms with Gasteiger partial charge in [0.25, 0.3) is 5.56 Å². The maximum atomic E-state index is 12.3. The first-order valence-electron chi connectivity index (χ1n) is 4.43. The van der Waals surface area contributed by atoms with Crippen molar-refractivity contribution < 1.29 is 13.2 Å². The molecule has 0 radical (unpaired) electrons. The molecule has 0 amide bonds. The fourth-order valence-electron chi connectivity index (χ4n) is 1.22. The lowest BCUT2D eigenvalue weighted by Gasteiger charge is -2.11. The molecule has 15 heavy (non-hydrogen) atoms. The first-order chi connectivity index (χ1) is 6.86. The van der Waals surface area contributed by atoms with Crippen molar-refractivity contribution in [1.82, 2.24) is 4.57 Å². The molecule has 0 saturated carbocycles. The van der Waals surface area contributed by atoms with E-state index in [1.54, 1.807) is 6.92 Å². The zero-order chi connectivity index (χ0) is 11.6. The van der Waals surface area contributed by atoms with Crippen LogP contribution in [0, 0.1) is 0 Å². The minimum absolute atomic E-state index is 0.229. The molecule has 0 unspecified atom stereocenters. The quantitative estimate of drug-likeness (QED) is 0.826. The number of nitrogen functional groups attached to an aromatic ring is 1. The van der Waals surface area contributed by atoms with Crippen LogP contribution in [0.25, 0.3) is 0 Å². The van der Waals surface area contributed by atoms with E-state index in [-0.39, 0.29) is 12.2 Å². The van der Waals surface area contributed by atoms with E-state index in [4.69, 9.17) is 5.73 Å². The molecule has 1 aromatic heterocycles. The number of halogens is 3. The highest BCUT2D eigenvalue weighted by Gasteiger charge is 2.31. The molecular weight excluding hydrogens is 209 g/mol. The molecule has 0 fully saturated rings. The molecule has 2 N–H and O–H groups in total. The normalized spacial score (nSPS) is 11.7. The lowest BCUT2D eigenvalue weighted by atomic mass is 10.2. The van der Waals surface area contributed by atoms with Gasteiger partial charge in [0.2, 0.25) is 0 Å². The number of hydrogen-bond acceptors (Lipinski definition) is 2. The van der Waals surface area contributed by atoms with Gasteiger partial charge in [-0.25, -0.2) is 0 Å². The van der Waals surface area contributed by atoms with Crippen molar-refractivity contribution >= 4 is 5.69 Å². The summed E-state index contributed by atoms with van der Waals surface area (Å²) in [6.45, 7) is 2.00. The average Bonchev–Trinajstić information content (AvgIpc) is 2.11. The molecule has 0 saturated heterocycles. The molecule has 0 aliphatic carbocycles. The maximum absolute atomic E-state index is 12.3. The van der Waals surface area contributed by atoms with Crippen molar-refractivity contribution in [3.05, 3.63) is 28.2 Å². The van der Waals surface area contributed by atoms with Crippen LogP contribution in [0.15, 0.2) is 17.1 Å². The van der Waals surface area contributed by atoms with Gasteiger partial charge in [-0.15, -0.1) is 0 Å². The largest absolute Gasteiger partial charge is 0.417 e. The summed E-state index contributed by atoms with van der Waals surface area (Å²) in [5.74, 6) is 0. The van der Waals surface area contributed by atoms with Gasteiger partial charge in [-0.1, -0.05) is 6.92 Å². The second-order valence-electron chi connectivity index (χ2n) is 3.18. The van der Waals surface area contributed by atoms with Crippen molar-refractivity contribution in [3.63, 3.8) is 0 Å². The van der Waals surface area contributed by atoms with Crippen molar-refractivity contribution in [2.75, 3.05) is 5.73 Å². The third-order valence-electron chi connectivity index (χ3n) is 1.91. The van der Waals surface area contributed by atoms with Crippen LogP contribution >= 0.6 is 0 Å². The number of rotatable bonds is 2. The molecule has 0 aliphatic rings. The lowest BCUT2D eigenvalue weighted by Crippen LogP contribution is -2.24. The highest BCUT2D eigenvalue weighted by Crippen LogP contribution is 2.29. The number of pyridine rings is 1. The number of nitrogens with two attached hydrogens (primary N) is 1. The third kappa shape index (κ3) is 2.51. The highest BCUT2D eigenvalue weighted by atomic mass is 19.4. The van der Waals surface area contributed by atoms with Gasteiger partial charge in [0.15, 0.2) is 0 Å². The standard InChI is InChI=1S/C9H11F3N2O/c1-2-3-14-5-6(9(10,11)12)4-7(13)8(14)15/h4-5H,2-3,13H2,1H3. The van der Waals surface area contributed by atoms with E-state index in [9.17, 15) is 18.0 Å². The van der Waals surface area contributed by atoms with Gasteiger partial charge in [-0.05, 0) is 12.5 Å². The molecule has 0 aromatic carbocycles. The maximum Gasteiger partial charge on any atom is 0.417 e. The number of aromatic nitrogens is 1. The summed E-state index contributed by atoms with van der Waals surface area (Å²) in [5, 5.41) is 0. The SMILES string of the molecule is CCCn1cc(C(F)(F)F)cc(N)c1=O. The number of alkyl halides is 3. The topological polar surface area (TPSA) is 48.0 Å². The summed E-state index contributed by atoms with van der Waals surface area (Å²) in [7, 11) is 0. The number of nitrogens with zero attached hydrogens (tertiary/aromatic N) is 1. The van der Waals surface area contributed by atoms with Crippen molar-refractivity contribution in [2.24, 2.45) is 0 Å². The van der Waals surface area contributed by atoms with Crippen LogP contribution in [-0.2, 0) is 12.7 Å². The molecule has 1 heterocycles. The Hall–Kier alpha value is -1.46. The molecule has 3 nitrogen and oxygen atoms in total. The van der Waals surface area contributed by atoms with Gasteiger partial charge in [-0.3, -0.25) is 4.79 Å². The molecule has 0 bridgehead atoms. The summed E-state index contributed by atoms with van der Waals surface area (Å²) < 4.78 is 38.0. The Labute approximate surface area is 84.3 Å². The molecule has 0 atom stereocenters. The van der Waals surface area contributed by atoms with E-state index in [0.717, 1.165) is 10.8 Å². The molecule has 0 spiro atoms. The van der Waals surface area contributed by atoms with Gasteiger partial charge < -0.3 is 10.3 Å². The molecule has 0 aliphatic heterocycles. The molecule has 1 rings (SSSR count). The smallest absolute Gasteiger partial charge is 0.394 e. The Morgan fingerprint density at radius 3 is 2.53 bits per heavy atom. The van der Waals surface area contributed by atoms with Crippen LogP contribution in [0.2, 0.25) is 0 Å². The summed E-state index contributed by atoms with van der Waals surface area (Å²) in [4.78, 5) is 11.3. The first-order valence-corrected chi connectivity index (χ1v) is 4.43. The number of anilines is 1. The molecule has 84 valence electrons. The minimum Gasteiger partial charge on any atom is -0.394 e.